The van der Waals surface area contributed by atoms with Gasteiger partial charge >= 0.3 is 6.61 Å². The summed E-state index contributed by atoms with van der Waals surface area (Å²) in [6, 6.07) is 5.92. The number of ether oxygens (including phenoxy) is 1. The van der Waals surface area contributed by atoms with Crippen LogP contribution < -0.4 is 10.5 Å². The third-order valence-corrected chi connectivity index (χ3v) is 2.60. The molecule has 0 aliphatic heterocycles. The summed E-state index contributed by atoms with van der Waals surface area (Å²) in [6.45, 7) is -0.658. The van der Waals surface area contributed by atoms with Crippen molar-refractivity contribution in [2.75, 3.05) is 13.6 Å². The van der Waals surface area contributed by atoms with Crippen LogP contribution in [0.3, 0.4) is 0 Å². The second kappa shape index (κ2) is 7.04. The van der Waals surface area contributed by atoms with Gasteiger partial charge in [0.05, 0.1) is 5.56 Å². The molecule has 0 aromatic heterocycles. The largest absolute Gasteiger partial charge is 0.434 e. The lowest BCUT2D eigenvalue weighted by atomic mass is 10.1. The molecule has 0 bridgehead atoms. The summed E-state index contributed by atoms with van der Waals surface area (Å²) in [4.78, 5) is 13.6. The topological polar surface area (TPSA) is 55.6 Å². The number of carbonyl (C=O) groups is 1. The summed E-state index contributed by atoms with van der Waals surface area (Å²) in [5.74, 6) is -0.480. The van der Waals surface area contributed by atoms with Crippen LogP contribution in [0.4, 0.5) is 8.78 Å². The summed E-state index contributed by atoms with van der Waals surface area (Å²) in [5, 5.41) is 0. The number of alkyl halides is 2. The molecule has 0 saturated heterocycles. The summed E-state index contributed by atoms with van der Waals surface area (Å²) in [7, 11) is 1.60. The summed E-state index contributed by atoms with van der Waals surface area (Å²) >= 11 is 0. The van der Waals surface area contributed by atoms with E-state index >= 15 is 0 Å². The smallest absolute Gasteiger partial charge is 0.387 e. The number of halogens is 2. The minimum absolute atomic E-state index is 0.0252. The molecule has 19 heavy (non-hydrogen) atoms. The lowest BCUT2D eigenvalue weighted by Crippen LogP contribution is -2.31. The van der Waals surface area contributed by atoms with Crippen LogP contribution >= 0.6 is 0 Å². The average Bonchev–Trinajstić information content (AvgIpc) is 2.35. The van der Waals surface area contributed by atoms with Crippen LogP contribution in [-0.4, -0.2) is 37.1 Å². The van der Waals surface area contributed by atoms with Crippen LogP contribution in [0.25, 0.3) is 0 Å². The lowest BCUT2D eigenvalue weighted by Gasteiger charge is -2.19. The molecule has 0 spiro atoms. The van der Waals surface area contributed by atoms with Crippen LogP contribution in [0.15, 0.2) is 24.3 Å². The Balaban J connectivity index is 2.80. The highest BCUT2D eigenvalue weighted by Gasteiger charge is 2.18. The van der Waals surface area contributed by atoms with Gasteiger partial charge in [-0.2, -0.15) is 8.78 Å². The zero-order valence-corrected chi connectivity index (χ0v) is 11.0. The second-order valence-corrected chi connectivity index (χ2v) is 4.37. The van der Waals surface area contributed by atoms with Crippen molar-refractivity contribution < 1.29 is 18.3 Å². The van der Waals surface area contributed by atoms with E-state index in [1.807, 2.05) is 6.92 Å². The SMILES string of the molecule is CC(N)CCN(C)C(=O)c1ccccc1OC(F)F. The molecule has 1 amide bonds. The Morgan fingerprint density at radius 1 is 1.42 bits per heavy atom. The van der Waals surface area contributed by atoms with Crippen molar-refractivity contribution in [3.05, 3.63) is 29.8 Å². The summed E-state index contributed by atoms with van der Waals surface area (Å²) < 4.78 is 28.8. The third kappa shape index (κ3) is 4.82. The number of nitrogens with zero attached hydrogens (tertiary/aromatic N) is 1. The number of hydrogen-bond acceptors (Lipinski definition) is 3. The molecule has 1 atom stereocenters. The number of carbonyl (C=O) groups excluding carboxylic acids is 1. The highest BCUT2D eigenvalue weighted by atomic mass is 19.3. The maximum Gasteiger partial charge on any atom is 0.387 e. The van der Waals surface area contributed by atoms with Gasteiger partial charge in [0.25, 0.3) is 5.91 Å². The van der Waals surface area contributed by atoms with Gasteiger partial charge in [-0.15, -0.1) is 0 Å². The zero-order valence-electron chi connectivity index (χ0n) is 11.0. The molecule has 2 N–H and O–H groups in total. The van der Waals surface area contributed by atoms with Crippen LogP contribution in [0.1, 0.15) is 23.7 Å². The minimum atomic E-state index is -2.96. The molecule has 1 rings (SSSR count). The molecule has 0 aliphatic rings. The lowest BCUT2D eigenvalue weighted by molar-refractivity contribution is -0.0502. The average molecular weight is 272 g/mol. The predicted molar refractivity (Wildman–Crippen MR) is 68.3 cm³/mol. The van der Waals surface area contributed by atoms with Crippen LogP contribution in [0.2, 0.25) is 0 Å². The van der Waals surface area contributed by atoms with E-state index in [1.165, 1.54) is 23.1 Å². The molecule has 6 heteroatoms. The van der Waals surface area contributed by atoms with Gasteiger partial charge in [-0.25, -0.2) is 0 Å². The third-order valence-electron chi connectivity index (χ3n) is 2.60. The molecule has 4 nitrogen and oxygen atoms in total. The second-order valence-electron chi connectivity index (χ2n) is 4.37. The molecular weight excluding hydrogens is 254 g/mol. The fourth-order valence-electron chi connectivity index (χ4n) is 1.55. The van der Waals surface area contributed by atoms with Crippen LogP contribution in [0, 0.1) is 0 Å². The fraction of sp³-hybridized carbons (Fsp3) is 0.462. The maximum atomic E-state index is 12.3. The molecule has 0 saturated carbocycles. The first-order chi connectivity index (χ1) is 8.91. The van der Waals surface area contributed by atoms with Gasteiger partial charge in [0.1, 0.15) is 5.75 Å². The fourth-order valence-corrected chi connectivity index (χ4v) is 1.55. The Morgan fingerprint density at radius 2 is 2.05 bits per heavy atom. The molecule has 1 unspecified atom stereocenters. The molecule has 106 valence electrons. The normalized spacial score (nSPS) is 12.3. The molecule has 0 fully saturated rings. The Morgan fingerprint density at radius 3 is 2.63 bits per heavy atom. The molecule has 0 aliphatic carbocycles. The van der Waals surface area contributed by atoms with Gasteiger partial charge in [-0.1, -0.05) is 12.1 Å². The van der Waals surface area contributed by atoms with E-state index in [-0.39, 0.29) is 23.3 Å². The number of nitrogens with two attached hydrogens (primary N) is 1. The molecular formula is C13H18F2N2O2. The molecule has 1 aromatic carbocycles. The predicted octanol–water partition coefficient (Wildman–Crippen LogP) is 2.10. The molecule has 0 radical (unpaired) electrons. The Kier molecular flexibility index (Phi) is 5.69. The molecule has 1 aromatic rings. The van der Waals surface area contributed by atoms with E-state index in [0.717, 1.165) is 0 Å². The Labute approximate surface area is 111 Å². The quantitative estimate of drug-likeness (QED) is 0.862. The van der Waals surface area contributed by atoms with Gasteiger partial charge in [-0.05, 0) is 25.5 Å². The van der Waals surface area contributed by atoms with Gasteiger partial charge in [-0.3, -0.25) is 4.79 Å². The number of hydrogen-bond donors (Lipinski definition) is 1. The van der Waals surface area contributed by atoms with E-state index in [4.69, 9.17) is 5.73 Å². The van der Waals surface area contributed by atoms with Gasteiger partial charge in [0.2, 0.25) is 0 Å². The van der Waals surface area contributed by atoms with E-state index in [2.05, 4.69) is 4.74 Å². The van der Waals surface area contributed by atoms with E-state index in [0.29, 0.717) is 13.0 Å². The number of rotatable bonds is 6. The highest BCUT2D eigenvalue weighted by molar-refractivity contribution is 5.96. The molecule has 0 heterocycles. The first kappa shape index (κ1) is 15.4. The van der Waals surface area contributed by atoms with Gasteiger partial charge in [0.15, 0.2) is 0 Å². The first-order valence-electron chi connectivity index (χ1n) is 5.96. The van der Waals surface area contributed by atoms with Crippen molar-refractivity contribution >= 4 is 5.91 Å². The van der Waals surface area contributed by atoms with E-state index in [9.17, 15) is 13.6 Å². The minimum Gasteiger partial charge on any atom is -0.434 e. The first-order valence-corrected chi connectivity index (χ1v) is 5.96. The van der Waals surface area contributed by atoms with Crippen LogP contribution in [-0.2, 0) is 0 Å². The van der Waals surface area contributed by atoms with Crippen molar-refractivity contribution in [1.29, 1.82) is 0 Å². The van der Waals surface area contributed by atoms with Crippen molar-refractivity contribution in [2.45, 2.75) is 26.0 Å². The van der Waals surface area contributed by atoms with Crippen molar-refractivity contribution in [3.63, 3.8) is 0 Å². The highest BCUT2D eigenvalue weighted by Crippen LogP contribution is 2.21. The van der Waals surface area contributed by atoms with Crippen molar-refractivity contribution in [1.82, 2.24) is 4.90 Å². The standard InChI is InChI=1S/C13H18F2N2O2/c1-9(16)7-8-17(2)12(18)10-5-3-4-6-11(10)19-13(14)15/h3-6,9,13H,7-8,16H2,1-2H3. The number of para-hydroxylation sites is 1. The maximum absolute atomic E-state index is 12.3. The van der Waals surface area contributed by atoms with Crippen LogP contribution in [0.5, 0.6) is 5.75 Å². The van der Waals surface area contributed by atoms with Gasteiger partial charge < -0.3 is 15.4 Å². The Hall–Kier alpha value is -1.69. The van der Waals surface area contributed by atoms with E-state index in [1.54, 1.807) is 13.1 Å². The summed E-state index contributed by atoms with van der Waals surface area (Å²) in [5.41, 5.74) is 5.73. The van der Waals surface area contributed by atoms with Crippen molar-refractivity contribution in [2.24, 2.45) is 5.73 Å². The number of benzene rings is 1. The Bertz CT molecular complexity index is 425. The zero-order chi connectivity index (χ0) is 14.4. The number of amides is 1. The summed E-state index contributed by atoms with van der Waals surface area (Å²) in [6.07, 6.45) is 0.639. The van der Waals surface area contributed by atoms with Gasteiger partial charge in [0, 0.05) is 19.6 Å². The van der Waals surface area contributed by atoms with E-state index < -0.39 is 6.61 Å². The monoisotopic (exact) mass is 272 g/mol. The van der Waals surface area contributed by atoms with Crippen molar-refractivity contribution in [3.8, 4) is 5.75 Å².